The lowest BCUT2D eigenvalue weighted by Gasteiger charge is -2.33. The number of nitrogens with zero attached hydrogens (tertiary/aromatic N) is 2. The molecular weight excluding hydrogens is 252 g/mol. The molecule has 2 N–H and O–H groups in total. The summed E-state index contributed by atoms with van der Waals surface area (Å²) in [5.74, 6) is 2.27. The lowest BCUT2D eigenvalue weighted by atomic mass is 9.97. The minimum atomic E-state index is -0.0530. The van der Waals surface area contributed by atoms with Crippen LogP contribution in [-0.4, -0.2) is 35.6 Å². The second-order valence-corrected chi connectivity index (χ2v) is 5.84. The second-order valence-electron chi connectivity index (χ2n) is 5.84. The van der Waals surface area contributed by atoms with Gasteiger partial charge in [-0.3, -0.25) is 4.79 Å². The van der Waals surface area contributed by atoms with E-state index in [2.05, 4.69) is 34.0 Å². The van der Waals surface area contributed by atoms with Gasteiger partial charge >= 0.3 is 0 Å². The Kier molecular flexibility index (Phi) is 5.17. The first-order chi connectivity index (χ1) is 9.60. The summed E-state index contributed by atoms with van der Waals surface area (Å²) in [6.45, 7) is 9.51. The molecule has 1 fully saturated rings. The minimum absolute atomic E-state index is 0.0530. The predicted molar refractivity (Wildman–Crippen MR) is 82.3 cm³/mol. The Morgan fingerprint density at radius 2 is 2.10 bits per heavy atom. The maximum Gasteiger partial charge on any atom is 0.252 e. The van der Waals surface area contributed by atoms with Crippen LogP contribution in [0.25, 0.3) is 0 Å². The van der Waals surface area contributed by atoms with Crippen LogP contribution in [0.4, 0.5) is 5.82 Å². The molecule has 1 aromatic rings. The molecule has 5 heteroatoms. The minimum Gasteiger partial charge on any atom is -0.354 e. The van der Waals surface area contributed by atoms with Crippen molar-refractivity contribution in [1.82, 2.24) is 15.3 Å². The number of piperidine rings is 1. The molecule has 0 amide bonds. The van der Waals surface area contributed by atoms with Gasteiger partial charge in [0, 0.05) is 25.1 Å². The van der Waals surface area contributed by atoms with Crippen molar-refractivity contribution >= 4 is 5.82 Å². The lowest BCUT2D eigenvalue weighted by molar-refractivity contribution is 0.367. The number of aromatic nitrogens is 2. The molecule has 20 heavy (non-hydrogen) atoms. The van der Waals surface area contributed by atoms with Crippen LogP contribution in [-0.2, 0) is 6.42 Å². The van der Waals surface area contributed by atoms with Crippen LogP contribution in [0.3, 0.4) is 0 Å². The quantitative estimate of drug-likeness (QED) is 0.858. The molecule has 0 aromatic carbocycles. The number of aromatic amines is 1. The third-order valence-electron chi connectivity index (χ3n) is 3.94. The van der Waals surface area contributed by atoms with E-state index in [-0.39, 0.29) is 5.56 Å². The van der Waals surface area contributed by atoms with Crippen LogP contribution in [0.5, 0.6) is 0 Å². The molecule has 0 unspecified atom stereocenters. The van der Waals surface area contributed by atoms with Gasteiger partial charge in [-0.1, -0.05) is 6.92 Å². The van der Waals surface area contributed by atoms with Gasteiger partial charge in [-0.05, 0) is 45.7 Å². The topological polar surface area (TPSA) is 61.0 Å². The predicted octanol–water partition coefficient (Wildman–Crippen LogP) is 1.55. The third-order valence-corrected chi connectivity index (χ3v) is 3.94. The van der Waals surface area contributed by atoms with E-state index in [4.69, 9.17) is 0 Å². The van der Waals surface area contributed by atoms with Crippen LogP contribution in [0.1, 0.15) is 39.4 Å². The lowest BCUT2D eigenvalue weighted by Crippen LogP contribution is -2.40. The van der Waals surface area contributed by atoms with E-state index in [1.165, 1.54) is 12.8 Å². The molecule has 1 aromatic heterocycles. The number of hydrogen-bond acceptors (Lipinski definition) is 4. The van der Waals surface area contributed by atoms with Crippen molar-refractivity contribution in [2.24, 2.45) is 5.92 Å². The summed E-state index contributed by atoms with van der Waals surface area (Å²) in [4.78, 5) is 21.4. The van der Waals surface area contributed by atoms with Gasteiger partial charge in [0.15, 0.2) is 0 Å². The Morgan fingerprint density at radius 1 is 1.40 bits per heavy atom. The Bertz CT molecular complexity index is 477. The molecule has 0 radical (unpaired) electrons. The van der Waals surface area contributed by atoms with Gasteiger partial charge in [-0.15, -0.1) is 0 Å². The summed E-state index contributed by atoms with van der Waals surface area (Å²) in [5.41, 5.74) is -0.0530. The number of H-pyrrole nitrogens is 1. The van der Waals surface area contributed by atoms with Gasteiger partial charge in [-0.2, -0.15) is 0 Å². The summed E-state index contributed by atoms with van der Waals surface area (Å²) in [6, 6.07) is 1.98. The Morgan fingerprint density at radius 3 is 2.70 bits per heavy atom. The largest absolute Gasteiger partial charge is 0.354 e. The van der Waals surface area contributed by atoms with Crippen LogP contribution in [0.15, 0.2) is 10.9 Å². The average molecular weight is 278 g/mol. The molecule has 0 saturated carbocycles. The van der Waals surface area contributed by atoms with Gasteiger partial charge in [-0.25, -0.2) is 4.98 Å². The van der Waals surface area contributed by atoms with E-state index in [0.717, 1.165) is 37.7 Å². The standard InChI is InChI=1S/C15H26N4O/c1-4-13-17-14(9-15(20)18-13)19(11(2)3)10-12-5-7-16-8-6-12/h9,11-12,16H,4-8,10H2,1-3H3,(H,17,18,20). The Hall–Kier alpha value is -1.36. The van der Waals surface area contributed by atoms with Crippen molar-refractivity contribution in [3.63, 3.8) is 0 Å². The highest BCUT2D eigenvalue weighted by Gasteiger charge is 2.20. The molecule has 1 saturated heterocycles. The zero-order valence-electron chi connectivity index (χ0n) is 12.8. The van der Waals surface area contributed by atoms with Gasteiger partial charge < -0.3 is 15.2 Å². The molecule has 0 spiro atoms. The fourth-order valence-corrected chi connectivity index (χ4v) is 2.72. The number of aryl methyl sites for hydroxylation is 1. The van der Waals surface area contributed by atoms with E-state index in [0.29, 0.717) is 12.0 Å². The molecule has 2 heterocycles. The van der Waals surface area contributed by atoms with Gasteiger partial charge in [0.2, 0.25) is 0 Å². The molecule has 5 nitrogen and oxygen atoms in total. The van der Waals surface area contributed by atoms with E-state index < -0.39 is 0 Å². The molecule has 112 valence electrons. The third kappa shape index (κ3) is 3.82. The molecular formula is C15H26N4O. The molecule has 2 rings (SSSR count). The first-order valence-electron chi connectivity index (χ1n) is 7.67. The van der Waals surface area contributed by atoms with Crippen molar-refractivity contribution in [3.8, 4) is 0 Å². The summed E-state index contributed by atoms with van der Waals surface area (Å²) < 4.78 is 0. The summed E-state index contributed by atoms with van der Waals surface area (Å²) in [7, 11) is 0. The van der Waals surface area contributed by atoms with E-state index in [1.807, 2.05) is 6.92 Å². The highest BCUT2D eigenvalue weighted by molar-refractivity contribution is 5.38. The zero-order chi connectivity index (χ0) is 14.5. The number of rotatable bonds is 5. The first kappa shape index (κ1) is 15.0. The van der Waals surface area contributed by atoms with Crippen molar-refractivity contribution in [2.45, 2.75) is 46.1 Å². The maximum absolute atomic E-state index is 11.8. The molecule has 0 bridgehead atoms. The van der Waals surface area contributed by atoms with Gasteiger partial charge in [0.1, 0.15) is 11.6 Å². The summed E-state index contributed by atoms with van der Waals surface area (Å²) in [6.07, 6.45) is 3.16. The summed E-state index contributed by atoms with van der Waals surface area (Å²) in [5, 5.41) is 3.40. The second kappa shape index (κ2) is 6.88. The van der Waals surface area contributed by atoms with E-state index >= 15 is 0 Å². The fraction of sp³-hybridized carbons (Fsp3) is 0.733. The molecule has 1 aliphatic heterocycles. The van der Waals surface area contributed by atoms with Crippen molar-refractivity contribution in [3.05, 3.63) is 22.2 Å². The van der Waals surface area contributed by atoms with Crippen LogP contribution < -0.4 is 15.8 Å². The number of anilines is 1. The molecule has 0 aliphatic carbocycles. The van der Waals surface area contributed by atoms with E-state index in [1.54, 1.807) is 6.07 Å². The van der Waals surface area contributed by atoms with Crippen molar-refractivity contribution in [2.75, 3.05) is 24.5 Å². The summed E-state index contributed by atoms with van der Waals surface area (Å²) >= 11 is 0. The zero-order valence-corrected chi connectivity index (χ0v) is 12.8. The van der Waals surface area contributed by atoms with Crippen molar-refractivity contribution in [1.29, 1.82) is 0 Å². The Balaban J connectivity index is 2.19. The normalized spacial score (nSPS) is 16.6. The highest BCUT2D eigenvalue weighted by atomic mass is 16.1. The van der Waals surface area contributed by atoms with Crippen molar-refractivity contribution < 1.29 is 0 Å². The van der Waals surface area contributed by atoms with Gasteiger partial charge in [0.05, 0.1) is 0 Å². The molecule has 0 atom stereocenters. The monoisotopic (exact) mass is 278 g/mol. The average Bonchev–Trinajstić information content (AvgIpc) is 2.44. The maximum atomic E-state index is 11.8. The van der Waals surface area contributed by atoms with Crippen LogP contribution in [0.2, 0.25) is 0 Å². The smallest absolute Gasteiger partial charge is 0.252 e. The van der Waals surface area contributed by atoms with Crippen LogP contribution in [0, 0.1) is 5.92 Å². The number of nitrogens with one attached hydrogen (secondary N) is 2. The number of hydrogen-bond donors (Lipinski definition) is 2. The van der Waals surface area contributed by atoms with Crippen LogP contribution >= 0.6 is 0 Å². The van der Waals surface area contributed by atoms with E-state index in [9.17, 15) is 4.79 Å². The SMILES string of the molecule is CCc1nc(N(CC2CCNCC2)C(C)C)cc(=O)[nH]1. The fourth-order valence-electron chi connectivity index (χ4n) is 2.72. The first-order valence-corrected chi connectivity index (χ1v) is 7.67. The Labute approximate surface area is 120 Å². The van der Waals surface area contributed by atoms with Gasteiger partial charge in [0.25, 0.3) is 5.56 Å². The molecule has 1 aliphatic rings. The highest BCUT2D eigenvalue weighted by Crippen LogP contribution is 2.19.